The summed E-state index contributed by atoms with van der Waals surface area (Å²) in [5.41, 5.74) is 6.82. The van der Waals surface area contributed by atoms with E-state index in [9.17, 15) is 4.79 Å². The summed E-state index contributed by atoms with van der Waals surface area (Å²) in [5, 5.41) is 15.0. The Bertz CT molecular complexity index is 554. The molecule has 1 heterocycles. The molecular formula is C12H13N3O2S. The van der Waals surface area contributed by atoms with Crippen molar-refractivity contribution >= 4 is 28.7 Å². The number of anilines is 2. The molecule has 18 heavy (non-hydrogen) atoms. The fraction of sp³-hybridized carbons (Fsp3) is 0.167. The Kier molecular flexibility index (Phi) is 3.47. The lowest BCUT2D eigenvalue weighted by Crippen LogP contribution is -2.08. The molecule has 0 aliphatic carbocycles. The van der Waals surface area contributed by atoms with Crippen LogP contribution in [0.25, 0.3) is 0 Å². The lowest BCUT2D eigenvalue weighted by atomic mass is 10.1. The van der Waals surface area contributed by atoms with Crippen molar-refractivity contribution < 1.29 is 9.90 Å². The van der Waals surface area contributed by atoms with E-state index < -0.39 is 5.97 Å². The van der Waals surface area contributed by atoms with Gasteiger partial charge in [0, 0.05) is 23.0 Å². The summed E-state index contributed by atoms with van der Waals surface area (Å²) in [4.78, 5) is 15.0. The maximum Gasteiger partial charge on any atom is 0.337 e. The Balaban J connectivity index is 2.15. The van der Waals surface area contributed by atoms with E-state index in [0.29, 0.717) is 0 Å². The van der Waals surface area contributed by atoms with Gasteiger partial charge in [0.1, 0.15) is 5.01 Å². The summed E-state index contributed by atoms with van der Waals surface area (Å²) >= 11 is 1.56. The first-order chi connectivity index (χ1) is 8.58. The number of carbonyl (C=O) groups is 1. The van der Waals surface area contributed by atoms with Crippen LogP contribution >= 0.6 is 11.3 Å². The molecule has 0 fully saturated rings. The fourth-order valence-corrected chi connectivity index (χ4v) is 2.25. The SMILES string of the molecule is CC(Nc1ccc(C(=O)O)c(N)c1)c1nccs1. The number of hydrogen-bond donors (Lipinski definition) is 3. The molecule has 1 aromatic heterocycles. The average Bonchev–Trinajstić information content (AvgIpc) is 2.81. The summed E-state index contributed by atoms with van der Waals surface area (Å²) in [6, 6.07) is 4.87. The van der Waals surface area contributed by atoms with E-state index in [-0.39, 0.29) is 17.3 Å². The number of thiazole rings is 1. The van der Waals surface area contributed by atoms with E-state index >= 15 is 0 Å². The Morgan fingerprint density at radius 1 is 1.56 bits per heavy atom. The van der Waals surface area contributed by atoms with Crippen LogP contribution < -0.4 is 11.1 Å². The highest BCUT2D eigenvalue weighted by molar-refractivity contribution is 7.09. The molecule has 2 rings (SSSR count). The van der Waals surface area contributed by atoms with Crippen molar-refractivity contribution in [3.8, 4) is 0 Å². The molecule has 0 bridgehead atoms. The van der Waals surface area contributed by atoms with E-state index in [2.05, 4.69) is 10.3 Å². The molecule has 0 radical (unpaired) electrons. The molecule has 0 saturated carbocycles. The molecule has 5 nitrogen and oxygen atoms in total. The molecule has 2 aromatic rings. The van der Waals surface area contributed by atoms with Gasteiger partial charge in [-0.05, 0) is 25.1 Å². The van der Waals surface area contributed by atoms with Crippen molar-refractivity contribution in [2.45, 2.75) is 13.0 Å². The number of rotatable bonds is 4. The van der Waals surface area contributed by atoms with Crippen LogP contribution in [0.4, 0.5) is 11.4 Å². The predicted octanol–water partition coefficient (Wildman–Crippen LogP) is 2.60. The van der Waals surface area contributed by atoms with E-state index in [1.807, 2.05) is 12.3 Å². The largest absolute Gasteiger partial charge is 0.478 e. The van der Waals surface area contributed by atoms with E-state index in [0.717, 1.165) is 10.7 Å². The van der Waals surface area contributed by atoms with Gasteiger partial charge in [-0.1, -0.05) is 0 Å². The monoisotopic (exact) mass is 263 g/mol. The van der Waals surface area contributed by atoms with Crippen molar-refractivity contribution in [1.29, 1.82) is 0 Å². The van der Waals surface area contributed by atoms with Crippen LogP contribution in [0.2, 0.25) is 0 Å². The van der Waals surface area contributed by atoms with Gasteiger partial charge < -0.3 is 16.2 Å². The minimum atomic E-state index is -1.02. The molecule has 0 amide bonds. The minimum absolute atomic E-state index is 0.0556. The van der Waals surface area contributed by atoms with Crippen LogP contribution in [0, 0.1) is 0 Å². The number of aromatic nitrogens is 1. The van der Waals surface area contributed by atoms with Gasteiger partial charge in [0.2, 0.25) is 0 Å². The number of nitrogens with two attached hydrogens (primary N) is 1. The van der Waals surface area contributed by atoms with Gasteiger partial charge in [-0.15, -0.1) is 11.3 Å². The number of aromatic carboxylic acids is 1. The van der Waals surface area contributed by atoms with Gasteiger partial charge in [0.15, 0.2) is 0 Å². The van der Waals surface area contributed by atoms with Gasteiger partial charge in [-0.25, -0.2) is 9.78 Å². The van der Waals surface area contributed by atoms with E-state index in [1.165, 1.54) is 6.07 Å². The van der Waals surface area contributed by atoms with Gasteiger partial charge >= 0.3 is 5.97 Å². The van der Waals surface area contributed by atoms with Gasteiger partial charge in [0.05, 0.1) is 11.6 Å². The molecule has 1 atom stereocenters. The molecule has 0 aliphatic heterocycles. The van der Waals surface area contributed by atoms with Crippen molar-refractivity contribution in [3.63, 3.8) is 0 Å². The molecule has 1 unspecified atom stereocenters. The minimum Gasteiger partial charge on any atom is -0.478 e. The Labute approximate surface area is 108 Å². The first-order valence-electron chi connectivity index (χ1n) is 5.36. The van der Waals surface area contributed by atoms with Crippen molar-refractivity contribution in [3.05, 3.63) is 40.3 Å². The molecule has 1 aromatic carbocycles. The topological polar surface area (TPSA) is 88.2 Å². The van der Waals surface area contributed by atoms with Crippen molar-refractivity contribution in [1.82, 2.24) is 4.98 Å². The van der Waals surface area contributed by atoms with Crippen LogP contribution in [0.5, 0.6) is 0 Å². The maximum atomic E-state index is 10.8. The number of nitrogens with one attached hydrogen (secondary N) is 1. The second-order valence-electron chi connectivity index (χ2n) is 3.84. The summed E-state index contributed by atoms with van der Waals surface area (Å²) < 4.78 is 0. The Hall–Kier alpha value is -2.08. The van der Waals surface area contributed by atoms with E-state index in [4.69, 9.17) is 10.8 Å². The quantitative estimate of drug-likeness (QED) is 0.738. The molecule has 6 heteroatoms. The molecule has 4 N–H and O–H groups in total. The van der Waals surface area contributed by atoms with Crippen LogP contribution in [0.1, 0.15) is 28.3 Å². The highest BCUT2D eigenvalue weighted by atomic mass is 32.1. The Morgan fingerprint density at radius 3 is 2.89 bits per heavy atom. The summed E-state index contributed by atoms with van der Waals surface area (Å²) in [6.07, 6.45) is 1.75. The first kappa shape index (κ1) is 12.4. The number of nitrogen functional groups attached to an aromatic ring is 1. The normalized spacial score (nSPS) is 12.1. The molecule has 94 valence electrons. The lowest BCUT2D eigenvalue weighted by molar-refractivity contribution is 0.0698. The number of carboxylic acid groups (broad SMARTS) is 1. The summed E-state index contributed by atoms with van der Waals surface area (Å²) in [7, 11) is 0. The first-order valence-corrected chi connectivity index (χ1v) is 6.24. The van der Waals surface area contributed by atoms with Gasteiger partial charge in [-0.2, -0.15) is 0 Å². The van der Waals surface area contributed by atoms with Gasteiger partial charge in [0.25, 0.3) is 0 Å². The van der Waals surface area contributed by atoms with Crippen LogP contribution in [0.15, 0.2) is 29.8 Å². The van der Waals surface area contributed by atoms with E-state index in [1.54, 1.807) is 29.7 Å². The highest BCUT2D eigenvalue weighted by Crippen LogP contribution is 2.23. The second kappa shape index (κ2) is 5.05. The molecular weight excluding hydrogens is 250 g/mol. The Morgan fingerprint density at radius 2 is 2.33 bits per heavy atom. The summed E-state index contributed by atoms with van der Waals surface area (Å²) in [5.74, 6) is -1.02. The lowest BCUT2D eigenvalue weighted by Gasteiger charge is -2.13. The fourth-order valence-electron chi connectivity index (χ4n) is 1.61. The third-order valence-electron chi connectivity index (χ3n) is 2.49. The number of carboxylic acids is 1. The predicted molar refractivity (Wildman–Crippen MR) is 72.0 cm³/mol. The number of nitrogens with zero attached hydrogens (tertiary/aromatic N) is 1. The maximum absolute atomic E-state index is 10.8. The smallest absolute Gasteiger partial charge is 0.337 e. The third kappa shape index (κ3) is 2.60. The third-order valence-corrected chi connectivity index (χ3v) is 3.45. The molecule has 0 saturated heterocycles. The summed E-state index contributed by atoms with van der Waals surface area (Å²) in [6.45, 7) is 1.99. The standard InChI is InChI=1S/C12H13N3O2S/c1-7(11-14-4-5-18-11)15-8-2-3-9(12(16)17)10(13)6-8/h2-7,15H,13H2,1H3,(H,16,17). The number of hydrogen-bond acceptors (Lipinski definition) is 5. The van der Waals surface area contributed by atoms with Gasteiger partial charge in [-0.3, -0.25) is 0 Å². The second-order valence-corrected chi connectivity index (χ2v) is 4.77. The average molecular weight is 263 g/mol. The van der Waals surface area contributed by atoms with Crippen LogP contribution in [0.3, 0.4) is 0 Å². The molecule has 0 spiro atoms. The highest BCUT2D eigenvalue weighted by Gasteiger charge is 2.11. The molecule has 0 aliphatic rings. The zero-order valence-corrected chi connectivity index (χ0v) is 10.6. The number of benzene rings is 1. The van der Waals surface area contributed by atoms with Crippen molar-refractivity contribution in [2.75, 3.05) is 11.1 Å². The van der Waals surface area contributed by atoms with Crippen LogP contribution in [-0.2, 0) is 0 Å². The van der Waals surface area contributed by atoms with Crippen LogP contribution in [-0.4, -0.2) is 16.1 Å². The zero-order chi connectivity index (χ0) is 13.1. The van der Waals surface area contributed by atoms with Crippen molar-refractivity contribution in [2.24, 2.45) is 0 Å². The zero-order valence-electron chi connectivity index (χ0n) is 9.75.